The monoisotopic (exact) mass is 403 g/mol. The van der Waals surface area contributed by atoms with Crippen LogP contribution in [0.5, 0.6) is 23.0 Å². The van der Waals surface area contributed by atoms with Crippen LogP contribution >= 0.6 is 0 Å². The topological polar surface area (TPSA) is 165 Å². The third kappa shape index (κ3) is 5.76. The number of phenols is 4. The summed E-state index contributed by atoms with van der Waals surface area (Å²) in [6.45, 7) is 0.529. The summed E-state index contributed by atoms with van der Waals surface area (Å²) in [6.07, 6.45) is 1.81. The third-order valence-corrected chi connectivity index (χ3v) is 4.40. The quantitative estimate of drug-likeness (QED) is 0.244. The standard InChI is InChI=1S/C20H25N3O6/c21-11-12(23-20(29)14-7-4-9-16(25)18(14)27)5-1-2-10-22-19(28)13-6-3-8-15(24)17(13)26/h3-4,6-9,12,24-27H,1-2,5,10-11,21H2,(H,22,28)(H,23,29)/t12-/m1/s1. The molecule has 0 aromatic heterocycles. The Morgan fingerprint density at radius 2 is 1.41 bits per heavy atom. The van der Waals surface area contributed by atoms with E-state index in [-0.39, 0.29) is 35.2 Å². The summed E-state index contributed by atoms with van der Waals surface area (Å²) < 4.78 is 0. The maximum Gasteiger partial charge on any atom is 0.255 e. The Bertz CT molecular complexity index is 871. The number of carbonyl (C=O) groups excluding carboxylic acids is 2. The Labute approximate surface area is 167 Å². The number of phenolic OH excluding ortho intramolecular Hbond substituents is 4. The Hall–Kier alpha value is -3.46. The van der Waals surface area contributed by atoms with Crippen LogP contribution < -0.4 is 16.4 Å². The fourth-order valence-electron chi connectivity index (χ4n) is 2.75. The normalized spacial score (nSPS) is 11.6. The minimum atomic E-state index is -0.540. The first kappa shape index (κ1) is 21.8. The first-order valence-corrected chi connectivity index (χ1v) is 9.16. The minimum Gasteiger partial charge on any atom is -0.504 e. The molecule has 9 nitrogen and oxygen atoms in total. The van der Waals surface area contributed by atoms with Gasteiger partial charge in [0.15, 0.2) is 23.0 Å². The van der Waals surface area contributed by atoms with Crippen LogP contribution in [0.4, 0.5) is 0 Å². The van der Waals surface area contributed by atoms with E-state index >= 15 is 0 Å². The van der Waals surface area contributed by atoms with Crippen molar-refractivity contribution in [2.24, 2.45) is 5.73 Å². The summed E-state index contributed by atoms with van der Waals surface area (Å²) >= 11 is 0. The van der Waals surface area contributed by atoms with E-state index in [0.717, 1.165) is 0 Å². The number of nitrogens with two attached hydrogens (primary N) is 1. The molecule has 0 saturated carbocycles. The maximum atomic E-state index is 12.2. The van der Waals surface area contributed by atoms with Crippen molar-refractivity contribution < 1.29 is 30.0 Å². The van der Waals surface area contributed by atoms with E-state index in [0.29, 0.717) is 25.8 Å². The van der Waals surface area contributed by atoms with E-state index in [9.17, 15) is 30.0 Å². The molecule has 9 heteroatoms. The summed E-state index contributed by atoms with van der Waals surface area (Å²) in [4.78, 5) is 24.3. The van der Waals surface area contributed by atoms with Crippen LogP contribution in [0.2, 0.25) is 0 Å². The number of amides is 2. The van der Waals surface area contributed by atoms with E-state index in [1.54, 1.807) is 0 Å². The van der Waals surface area contributed by atoms with Crippen LogP contribution in [-0.4, -0.2) is 51.4 Å². The van der Waals surface area contributed by atoms with Crippen LogP contribution in [0.25, 0.3) is 0 Å². The number of carbonyl (C=O) groups is 2. The second kappa shape index (κ2) is 10.2. The van der Waals surface area contributed by atoms with Gasteiger partial charge in [-0.15, -0.1) is 0 Å². The van der Waals surface area contributed by atoms with Gasteiger partial charge in [-0.3, -0.25) is 9.59 Å². The fraction of sp³-hybridized carbons (Fsp3) is 0.300. The lowest BCUT2D eigenvalue weighted by molar-refractivity contribution is 0.0931. The summed E-state index contributed by atoms with van der Waals surface area (Å²) in [5, 5.41) is 43.7. The molecule has 0 heterocycles. The van der Waals surface area contributed by atoms with Crippen LogP contribution in [0.15, 0.2) is 36.4 Å². The van der Waals surface area contributed by atoms with Gasteiger partial charge in [-0.25, -0.2) is 0 Å². The number of rotatable bonds is 9. The van der Waals surface area contributed by atoms with Crippen molar-refractivity contribution in [2.45, 2.75) is 25.3 Å². The van der Waals surface area contributed by atoms with Crippen LogP contribution in [-0.2, 0) is 0 Å². The second-order valence-corrected chi connectivity index (χ2v) is 6.50. The zero-order valence-corrected chi connectivity index (χ0v) is 15.8. The number of benzene rings is 2. The van der Waals surface area contributed by atoms with Gasteiger partial charge in [0.2, 0.25) is 0 Å². The van der Waals surface area contributed by atoms with Gasteiger partial charge in [0.25, 0.3) is 11.8 Å². The van der Waals surface area contributed by atoms with Gasteiger partial charge in [0, 0.05) is 19.1 Å². The lowest BCUT2D eigenvalue weighted by Gasteiger charge is -2.17. The highest BCUT2D eigenvalue weighted by atomic mass is 16.3. The Morgan fingerprint density at radius 1 is 0.862 bits per heavy atom. The Morgan fingerprint density at radius 3 is 1.97 bits per heavy atom. The fourth-order valence-corrected chi connectivity index (χ4v) is 2.75. The van der Waals surface area contributed by atoms with E-state index in [4.69, 9.17) is 5.73 Å². The molecular formula is C20H25N3O6. The molecule has 2 amide bonds. The number of hydrogen-bond acceptors (Lipinski definition) is 7. The molecule has 2 aromatic carbocycles. The first-order valence-electron chi connectivity index (χ1n) is 9.16. The first-order chi connectivity index (χ1) is 13.8. The number of hydrogen-bond donors (Lipinski definition) is 7. The molecule has 0 unspecified atom stereocenters. The van der Waals surface area contributed by atoms with Gasteiger partial charge in [-0.05, 0) is 43.5 Å². The molecule has 1 atom stereocenters. The van der Waals surface area contributed by atoms with Crippen LogP contribution in [0.1, 0.15) is 40.0 Å². The van der Waals surface area contributed by atoms with Crippen LogP contribution in [0.3, 0.4) is 0 Å². The molecule has 2 rings (SSSR count). The molecule has 0 spiro atoms. The lowest BCUT2D eigenvalue weighted by atomic mass is 10.1. The lowest BCUT2D eigenvalue weighted by Crippen LogP contribution is -2.40. The molecule has 2 aromatic rings. The van der Waals surface area contributed by atoms with Crippen molar-refractivity contribution in [1.29, 1.82) is 0 Å². The summed E-state index contributed by atoms with van der Waals surface area (Å²) in [5.41, 5.74) is 5.64. The van der Waals surface area contributed by atoms with Crippen molar-refractivity contribution in [1.82, 2.24) is 10.6 Å². The maximum absolute atomic E-state index is 12.2. The highest BCUT2D eigenvalue weighted by molar-refractivity contribution is 5.98. The number of nitrogens with one attached hydrogen (secondary N) is 2. The molecule has 0 aliphatic carbocycles. The highest BCUT2D eigenvalue weighted by Gasteiger charge is 2.17. The molecule has 0 aliphatic rings. The van der Waals surface area contributed by atoms with Gasteiger partial charge in [-0.1, -0.05) is 12.1 Å². The van der Waals surface area contributed by atoms with Gasteiger partial charge in [0.1, 0.15) is 0 Å². The van der Waals surface area contributed by atoms with Crippen molar-refractivity contribution in [2.75, 3.05) is 13.1 Å². The van der Waals surface area contributed by atoms with Gasteiger partial charge >= 0.3 is 0 Å². The molecule has 0 aliphatic heterocycles. The van der Waals surface area contributed by atoms with E-state index < -0.39 is 23.3 Å². The summed E-state index contributed by atoms with van der Waals surface area (Å²) in [6, 6.07) is 7.93. The van der Waals surface area contributed by atoms with E-state index in [1.807, 2.05) is 0 Å². The smallest absolute Gasteiger partial charge is 0.255 e. The average molecular weight is 403 g/mol. The van der Waals surface area contributed by atoms with Crippen molar-refractivity contribution >= 4 is 11.8 Å². The van der Waals surface area contributed by atoms with Gasteiger partial charge in [-0.2, -0.15) is 0 Å². The SMILES string of the molecule is NC[C@@H](CCCCNC(=O)c1cccc(O)c1O)NC(=O)c1cccc(O)c1O. The molecule has 0 bridgehead atoms. The Kier molecular flexibility index (Phi) is 7.67. The number of unbranched alkanes of at least 4 members (excludes halogenated alkanes) is 1. The number of aromatic hydroxyl groups is 4. The van der Waals surface area contributed by atoms with Gasteiger partial charge in [0.05, 0.1) is 11.1 Å². The summed E-state index contributed by atoms with van der Waals surface area (Å²) in [7, 11) is 0. The second-order valence-electron chi connectivity index (χ2n) is 6.50. The predicted octanol–water partition coefficient (Wildman–Crippen LogP) is 1.17. The van der Waals surface area contributed by atoms with Crippen molar-refractivity contribution in [3.05, 3.63) is 47.5 Å². The molecular weight excluding hydrogens is 378 g/mol. The van der Waals surface area contributed by atoms with Gasteiger partial charge < -0.3 is 36.8 Å². The van der Waals surface area contributed by atoms with Crippen LogP contribution in [0, 0.1) is 0 Å². The number of para-hydroxylation sites is 2. The molecule has 0 fully saturated rings. The molecule has 8 N–H and O–H groups in total. The largest absolute Gasteiger partial charge is 0.504 e. The Balaban J connectivity index is 1.77. The minimum absolute atomic E-state index is 0.0111. The predicted molar refractivity (Wildman–Crippen MR) is 106 cm³/mol. The average Bonchev–Trinajstić information content (AvgIpc) is 2.70. The van der Waals surface area contributed by atoms with Crippen molar-refractivity contribution in [3.8, 4) is 23.0 Å². The molecule has 156 valence electrons. The summed E-state index contributed by atoms with van der Waals surface area (Å²) in [5.74, 6) is -2.74. The third-order valence-electron chi connectivity index (χ3n) is 4.40. The molecule has 0 radical (unpaired) electrons. The molecule has 0 saturated heterocycles. The zero-order chi connectivity index (χ0) is 21.4. The van der Waals surface area contributed by atoms with E-state index in [2.05, 4.69) is 10.6 Å². The highest BCUT2D eigenvalue weighted by Crippen LogP contribution is 2.28. The zero-order valence-electron chi connectivity index (χ0n) is 15.8. The van der Waals surface area contributed by atoms with Crippen molar-refractivity contribution in [3.63, 3.8) is 0 Å². The molecule has 29 heavy (non-hydrogen) atoms. The van der Waals surface area contributed by atoms with E-state index in [1.165, 1.54) is 36.4 Å².